The van der Waals surface area contributed by atoms with Gasteiger partial charge in [-0.25, -0.2) is 5.06 Å². The topological polar surface area (TPSA) is 80.3 Å². The molecule has 0 amide bonds. The van der Waals surface area contributed by atoms with Crippen molar-refractivity contribution in [2.75, 3.05) is 7.05 Å². The van der Waals surface area contributed by atoms with Gasteiger partial charge >= 0.3 is 0 Å². The van der Waals surface area contributed by atoms with Gasteiger partial charge < -0.3 is 4.74 Å². The van der Waals surface area contributed by atoms with Crippen LogP contribution in [0.15, 0.2) is 18.2 Å². The van der Waals surface area contributed by atoms with Gasteiger partial charge in [-0.05, 0) is 32.0 Å². The van der Waals surface area contributed by atoms with Gasteiger partial charge in [-0.15, -0.1) is 0 Å². The smallest absolute Gasteiger partial charge is 0.151 e. The second-order valence-corrected chi connectivity index (χ2v) is 3.86. The molecule has 0 fully saturated rings. The summed E-state index contributed by atoms with van der Waals surface area (Å²) in [5, 5.41) is 26.4. The predicted molar refractivity (Wildman–Crippen MR) is 63.3 cm³/mol. The predicted octanol–water partition coefficient (Wildman–Crippen LogP) is 1.99. The van der Waals surface area contributed by atoms with E-state index in [1.807, 2.05) is 19.9 Å². The average molecular weight is 233 g/mol. The van der Waals surface area contributed by atoms with Gasteiger partial charge in [-0.3, -0.25) is 10.6 Å². The van der Waals surface area contributed by atoms with Gasteiger partial charge in [0.1, 0.15) is 11.8 Å². The molecule has 0 heterocycles. The molecule has 5 heteroatoms. The lowest BCUT2D eigenvalue weighted by Crippen LogP contribution is -2.22. The van der Waals surface area contributed by atoms with Gasteiger partial charge in [0.2, 0.25) is 0 Å². The Hall–Kier alpha value is -2.06. The molecule has 90 valence electrons. The summed E-state index contributed by atoms with van der Waals surface area (Å²) in [4.78, 5) is 0. The van der Waals surface area contributed by atoms with Crippen molar-refractivity contribution in [1.82, 2.24) is 5.06 Å². The van der Waals surface area contributed by atoms with Crippen LogP contribution in [0.4, 0.5) is 0 Å². The quantitative estimate of drug-likeness (QED) is 0.475. The molecular weight excluding hydrogens is 218 g/mol. The highest BCUT2D eigenvalue weighted by Crippen LogP contribution is 2.21. The summed E-state index contributed by atoms with van der Waals surface area (Å²) in [6, 6.07) is 6.80. The molecule has 0 bridgehead atoms. The number of nitriles is 1. The van der Waals surface area contributed by atoms with Crippen LogP contribution in [-0.4, -0.2) is 29.3 Å². The maximum Gasteiger partial charge on any atom is 0.151 e. The third-order valence-corrected chi connectivity index (χ3v) is 2.06. The molecule has 1 aromatic rings. The molecule has 0 radical (unpaired) electrons. The zero-order chi connectivity index (χ0) is 13.0. The minimum atomic E-state index is -0.0717. The monoisotopic (exact) mass is 233 g/mol. The Morgan fingerprint density at radius 1 is 1.53 bits per heavy atom. The first-order valence-corrected chi connectivity index (χ1v) is 5.18. The number of nitrogens with zero attached hydrogens (tertiary/aromatic N) is 2. The zero-order valence-corrected chi connectivity index (χ0v) is 10.1. The third-order valence-electron chi connectivity index (χ3n) is 2.06. The maximum atomic E-state index is 9.15. The lowest BCUT2D eigenvalue weighted by Gasteiger charge is -2.14. The van der Waals surface area contributed by atoms with Crippen LogP contribution in [0.2, 0.25) is 0 Å². The van der Waals surface area contributed by atoms with Crippen LogP contribution in [0.3, 0.4) is 0 Å². The Kier molecular flexibility index (Phi) is 4.07. The lowest BCUT2D eigenvalue weighted by atomic mass is 10.1. The van der Waals surface area contributed by atoms with Crippen molar-refractivity contribution < 1.29 is 9.94 Å². The van der Waals surface area contributed by atoms with E-state index in [4.69, 9.17) is 20.6 Å². The minimum absolute atomic E-state index is 0.0204. The van der Waals surface area contributed by atoms with Crippen LogP contribution < -0.4 is 4.74 Å². The van der Waals surface area contributed by atoms with Crippen molar-refractivity contribution in [2.24, 2.45) is 0 Å². The highest BCUT2D eigenvalue weighted by molar-refractivity contribution is 5.95. The minimum Gasteiger partial charge on any atom is -0.490 e. The van der Waals surface area contributed by atoms with E-state index >= 15 is 0 Å². The maximum absolute atomic E-state index is 9.15. The Morgan fingerprint density at radius 2 is 2.18 bits per heavy atom. The van der Waals surface area contributed by atoms with Crippen molar-refractivity contribution in [3.05, 3.63) is 29.3 Å². The van der Waals surface area contributed by atoms with Gasteiger partial charge in [0.25, 0.3) is 0 Å². The van der Waals surface area contributed by atoms with Crippen molar-refractivity contribution >= 4 is 5.84 Å². The van der Waals surface area contributed by atoms with Crippen LogP contribution in [0.1, 0.15) is 25.0 Å². The van der Waals surface area contributed by atoms with Crippen molar-refractivity contribution in [3.8, 4) is 11.8 Å². The Labute approximate surface area is 100 Å². The highest BCUT2D eigenvalue weighted by atomic mass is 16.5. The lowest BCUT2D eigenvalue weighted by molar-refractivity contribution is 0.0133. The van der Waals surface area contributed by atoms with Gasteiger partial charge in [-0.1, -0.05) is 0 Å². The van der Waals surface area contributed by atoms with E-state index in [0.29, 0.717) is 21.9 Å². The molecule has 0 saturated carbocycles. The van der Waals surface area contributed by atoms with Gasteiger partial charge in [0.05, 0.1) is 11.7 Å². The van der Waals surface area contributed by atoms with Crippen molar-refractivity contribution in [1.29, 1.82) is 10.7 Å². The highest BCUT2D eigenvalue weighted by Gasteiger charge is 2.10. The van der Waals surface area contributed by atoms with Crippen LogP contribution >= 0.6 is 0 Å². The molecule has 1 aromatic carbocycles. The number of ether oxygens (including phenoxy) is 1. The van der Waals surface area contributed by atoms with Crippen LogP contribution in [0, 0.1) is 16.7 Å². The molecule has 0 aliphatic carbocycles. The van der Waals surface area contributed by atoms with Crippen LogP contribution in [0.5, 0.6) is 5.75 Å². The van der Waals surface area contributed by atoms with Gasteiger partial charge in [-0.2, -0.15) is 5.26 Å². The fourth-order valence-electron chi connectivity index (χ4n) is 1.31. The van der Waals surface area contributed by atoms with E-state index in [-0.39, 0.29) is 11.9 Å². The molecule has 0 atom stereocenters. The first kappa shape index (κ1) is 13.0. The number of hydrogen-bond acceptors (Lipinski definition) is 4. The van der Waals surface area contributed by atoms with Crippen molar-refractivity contribution in [2.45, 2.75) is 20.0 Å². The molecule has 1 rings (SSSR count). The number of amidine groups is 1. The first-order chi connectivity index (χ1) is 7.95. The largest absolute Gasteiger partial charge is 0.490 e. The Balaban J connectivity index is 3.10. The van der Waals surface area contributed by atoms with E-state index in [1.54, 1.807) is 12.1 Å². The first-order valence-electron chi connectivity index (χ1n) is 5.18. The summed E-state index contributed by atoms with van der Waals surface area (Å²) < 4.78 is 5.46. The van der Waals surface area contributed by atoms with Gasteiger partial charge in [0.15, 0.2) is 5.84 Å². The molecule has 0 aliphatic heterocycles. The fraction of sp³-hybridized carbons (Fsp3) is 0.333. The van der Waals surface area contributed by atoms with E-state index < -0.39 is 0 Å². The molecule has 0 aromatic heterocycles. The zero-order valence-electron chi connectivity index (χ0n) is 10.1. The second-order valence-electron chi connectivity index (χ2n) is 3.86. The molecular formula is C12H15N3O2. The second kappa shape index (κ2) is 5.32. The van der Waals surface area contributed by atoms with Crippen molar-refractivity contribution in [3.63, 3.8) is 0 Å². The van der Waals surface area contributed by atoms with Crippen LogP contribution in [-0.2, 0) is 0 Å². The molecule has 0 aliphatic rings. The average Bonchev–Trinajstić information content (AvgIpc) is 2.27. The third kappa shape index (κ3) is 3.20. The fourth-order valence-corrected chi connectivity index (χ4v) is 1.31. The van der Waals surface area contributed by atoms with E-state index in [2.05, 4.69) is 0 Å². The number of hydrogen-bond donors (Lipinski definition) is 2. The molecule has 5 nitrogen and oxygen atoms in total. The van der Waals surface area contributed by atoms with Crippen LogP contribution in [0.25, 0.3) is 0 Å². The van der Waals surface area contributed by atoms with E-state index in [9.17, 15) is 0 Å². The number of rotatable bonds is 3. The molecule has 0 saturated heterocycles. The molecule has 17 heavy (non-hydrogen) atoms. The molecule has 0 unspecified atom stereocenters. The Morgan fingerprint density at radius 3 is 2.65 bits per heavy atom. The standard InChI is InChI=1S/C12H15N3O2/c1-8(2)17-11-5-4-9(6-10(11)7-13)12(14)15(3)16/h4-6,8,14,16H,1-3H3. The number of nitrogens with one attached hydrogen (secondary N) is 1. The summed E-state index contributed by atoms with van der Waals surface area (Å²) in [6.45, 7) is 3.75. The summed E-state index contributed by atoms with van der Waals surface area (Å²) >= 11 is 0. The van der Waals surface area contributed by atoms with Gasteiger partial charge in [0, 0.05) is 12.6 Å². The summed E-state index contributed by atoms with van der Waals surface area (Å²) in [6.07, 6.45) is -0.0204. The normalized spacial score (nSPS) is 9.88. The van der Waals surface area contributed by atoms with E-state index in [1.165, 1.54) is 13.1 Å². The summed E-state index contributed by atoms with van der Waals surface area (Å²) in [5.74, 6) is 0.414. The summed E-state index contributed by atoms with van der Waals surface area (Å²) in [5.41, 5.74) is 0.811. The summed E-state index contributed by atoms with van der Waals surface area (Å²) in [7, 11) is 1.35. The molecule has 0 spiro atoms. The molecule has 2 N–H and O–H groups in total. The van der Waals surface area contributed by atoms with E-state index in [0.717, 1.165) is 0 Å². The number of hydroxylamine groups is 2. The Bertz CT molecular complexity index is 461. The number of benzene rings is 1. The SMILES string of the molecule is CC(C)Oc1ccc(C(=N)N(C)O)cc1C#N.